The summed E-state index contributed by atoms with van der Waals surface area (Å²) in [4.78, 5) is 21.4. The number of anilines is 2. The number of nitrogens with zero attached hydrogens (tertiary/aromatic N) is 4. The van der Waals surface area contributed by atoms with Gasteiger partial charge in [-0.3, -0.25) is 14.6 Å². The summed E-state index contributed by atoms with van der Waals surface area (Å²) >= 11 is 1.46. The van der Waals surface area contributed by atoms with E-state index in [4.69, 9.17) is 0 Å². The lowest BCUT2D eigenvalue weighted by molar-refractivity contribution is -0.250. The fraction of sp³-hybridized carbons (Fsp3) is 0.580. The lowest BCUT2D eigenvalue weighted by atomic mass is 9.32. The average Bonchev–Trinajstić information content (AvgIpc) is 3.27. The molecule has 4 aliphatic carbocycles. The van der Waals surface area contributed by atoms with Crippen molar-refractivity contribution in [1.29, 1.82) is 0 Å². The predicted molar refractivity (Wildman–Crippen MR) is 261 cm³/mol. The molecule has 378 valence electrons. The summed E-state index contributed by atoms with van der Waals surface area (Å²) in [5.74, 6) is -0.663. The van der Waals surface area contributed by atoms with Crippen molar-refractivity contribution in [3.63, 3.8) is 0 Å². The number of halogens is 5. The smallest absolute Gasteiger partial charge is 0.380 e. The highest BCUT2D eigenvalue weighted by molar-refractivity contribution is 7.99. The maximum absolute atomic E-state index is 14.3. The SMILES string of the molecule is CC(C)N1CCN(CC[C@H](CSc2ccccc2)Nc2ccc(S(=O)(=O)NC(=O)c3ccc(N4CCN(CC5=C(C67CC(C(F)F)(C6)C7)CC(C)(C)CC5)CC4)cc3)cc2S(=O)(=O)C(F)(F)F)CC1. The van der Waals surface area contributed by atoms with Crippen molar-refractivity contribution in [2.75, 3.05) is 81.4 Å². The molecular formula is C50H65F5N6O5S3. The second kappa shape index (κ2) is 20.0. The number of rotatable bonds is 18. The van der Waals surface area contributed by atoms with Crippen LogP contribution in [0.25, 0.3) is 0 Å². The maximum Gasteiger partial charge on any atom is 0.501 e. The van der Waals surface area contributed by atoms with Crippen molar-refractivity contribution in [2.45, 2.75) is 111 Å². The number of nitrogens with one attached hydrogen (secondary N) is 2. The van der Waals surface area contributed by atoms with Crippen molar-refractivity contribution < 1.29 is 43.6 Å². The minimum Gasteiger partial charge on any atom is -0.380 e. The molecule has 2 heterocycles. The Morgan fingerprint density at radius 1 is 0.826 bits per heavy atom. The van der Waals surface area contributed by atoms with E-state index in [1.165, 1.54) is 35.0 Å². The van der Waals surface area contributed by atoms with Crippen LogP contribution in [0.15, 0.2) is 98.6 Å². The first kappa shape index (κ1) is 51.6. The Morgan fingerprint density at radius 2 is 1.46 bits per heavy atom. The summed E-state index contributed by atoms with van der Waals surface area (Å²) in [6, 6.07) is 18.1. The average molecular weight is 1020 g/mol. The number of benzene rings is 3. The van der Waals surface area contributed by atoms with Gasteiger partial charge < -0.3 is 15.1 Å². The van der Waals surface area contributed by atoms with Gasteiger partial charge in [0.1, 0.15) is 4.90 Å². The summed E-state index contributed by atoms with van der Waals surface area (Å²) < 4.78 is 126. The quantitative estimate of drug-likeness (QED) is 0.0721. The Labute approximate surface area is 408 Å². The van der Waals surface area contributed by atoms with Gasteiger partial charge in [-0.25, -0.2) is 30.3 Å². The molecule has 2 bridgehead atoms. The zero-order chi connectivity index (χ0) is 49.6. The van der Waals surface area contributed by atoms with E-state index in [2.05, 4.69) is 52.6 Å². The number of hydrogen-bond acceptors (Lipinski definition) is 11. The lowest BCUT2D eigenvalue weighted by Gasteiger charge is -2.72. The van der Waals surface area contributed by atoms with Crippen LogP contribution in [0.5, 0.6) is 0 Å². The van der Waals surface area contributed by atoms with Crippen molar-refractivity contribution in [3.8, 4) is 0 Å². The van der Waals surface area contributed by atoms with Crippen LogP contribution in [-0.2, 0) is 19.9 Å². The molecule has 3 aromatic carbocycles. The van der Waals surface area contributed by atoms with Crippen molar-refractivity contribution in [1.82, 2.24) is 19.4 Å². The molecule has 3 saturated carbocycles. The monoisotopic (exact) mass is 1020 g/mol. The molecule has 2 saturated heterocycles. The van der Waals surface area contributed by atoms with Crippen LogP contribution in [0.4, 0.5) is 33.3 Å². The van der Waals surface area contributed by atoms with Gasteiger partial charge in [0.05, 0.1) is 10.6 Å². The molecule has 5 fully saturated rings. The van der Waals surface area contributed by atoms with Gasteiger partial charge >= 0.3 is 5.51 Å². The summed E-state index contributed by atoms with van der Waals surface area (Å²) in [6.07, 6.45) is 3.03. The summed E-state index contributed by atoms with van der Waals surface area (Å²) in [7, 11) is -10.9. The largest absolute Gasteiger partial charge is 0.501 e. The van der Waals surface area contributed by atoms with Crippen molar-refractivity contribution >= 4 is 48.9 Å². The number of alkyl halides is 5. The predicted octanol–water partition coefficient (Wildman–Crippen LogP) is 9.15. The van der Waals surface area contributed by atoms with E-state index in [1.54, 1.807) is 12.1 Å². The molecule has 11 nitrogen and oxygen atoms in total. The van der Waals surface area contributed by atoms with Crippen LogP contribution < -0.4 is 14.9 Å². The molecule has 1 atom stereocenters. The highest BCUT2D eigenvalue weighted by Crippen LogP contribution is 2.79. The minimum atomic E-state index is -6.07. The number of carbonyl (C=O) groups is 1. The molecular weight excluding hydrogens is 956 g/mol. The molecule has 0 unspecified atom stereocenters. The molecule has 0 radical (unpaired) electrons. The van der Waals surface area contributed by atoms with Crippen LogP contribution in [-0.4, -0.2) is 133 Å². The van der Waals surface area contributed by atoms with Gasteiger partial charge in [0, 0.05) is 105 Å². The van der Waals surface area contributed by atoms with E-state index >= 15 is 0 Å². The fourth-order valence-electron chi connectivity index (χ4n) is 11.1. The number of carbonyl (C=O) groups excluding carboxylic acids is 1. The summed E-state index contributed by atoms with van der Waals surface area (Å²) in [5, 5.41) is 3.03. The molecule has 2 N–H and O–H groups in total. The number of piperazine rings is 2. The highest BCUT2D eigenvalue weighted by Gasteiger charge is 2.73. The number of hydrogen-bond donors (Lipinski definition) is 2. The first-order chi connectivity index (χ1) is 32.5. The Hall–Kier alpha value is -3.75. The first-order valence-electron chi connectivity index (χ1n) is 24.0. The highest BCUT2D eigenvalue weighted by atomic mass is 32.2. The van der Waals surface area contributed by atoms with Gasteiger partial charge in [-0.05, 0) is 124 Å². The molecule has 3 aromatic rings. The Bertz CT molecular complexity index is 2560. The van der Waals surface area contributed by atoms with Crippen LogP contribution >= 0.6 is 11.8 Å². The third-order valence-corrected chi connectivity index (χ3v) is 19.2. The van der Waals surface area contributed by atoms with Crippen LogP contribution in [0.3, 0.4) is 0 Å². The van der Waals surface area contributed by atoms with Gasteiger partial charge in [-0.15, -0.1) is 11.8 Å². The van der Waals surface area contributed by atoms with Gasteiger partial charge in [0.25, 0.3) is 25.8 Å². The zero-order valence-corrected chi connectivity index (χ0v) is 42.3. The minimum absolute atomic E-state index is 0.0197. The molecule has 1 amide bonds. The Balaban J connectivity index is 0.916. The molecule has 0 spiro atoms. The maximum atomic E-state index is 14.3. The Morgan fingerprint density at radius 3 is 2.07 bits per heavy atom. The Kier molecular flexibility index (Phi) is 15.0. The van der Waals surface area contributed by atoms with E-state index in [9.17, 15) is 43.6 Å². The molecule has 0 aromatic heterocycles. The van der Waals surface area contributed by atoms with Crippen LogP contribution in [0.2, 0.25) is 0 Å². The number of amides is 1. The van der Waals surface area contributed by atoms with Gasteiger partial charge in [-0.2, -0.15) is 13.2 Å². The molecule has 69 heavy (non-hydrogen) atoms. The van der Waals surface area contributed by atoms with Crippen molar-refractivity contribution in [2.24, 2.45) is 16.2 Å². The lowest BCUT2D eigenvalue weighted by Crippen LogP contribution is -2.66. The zero-order valence-electron chi connectivity index (χ0n) is 39.8. The van der Waals surface area contributed by atoms with Gasteiger partial charge in [-0.1, -0.05) is 43.2 Å². The number of sulfonamides is 1. The normalized spacial score (nSPS) is 24.2. The van der Waals surface area contributed by atoms with E-state index in [-0.39, 0.29) is 16.4 Å². The van der Waals surface area contributed by atoms with Gasteiger partial charge in [0.15, 0.2) is 0 Å². The van der Waals surface area contributed by atoms with Crippen LogP contribution in [0, 0.1) is 16.2 Å². The number of allylic oxidation sites excluding steroid dienone is 1. The third-order valence-electron chi connectivity index (χ3n) is 15.2. The molecule has 9 rings (SSSR count). The van der Waals surface area contributed by atoms with E-state index in [0.717, 1.165) is 87.8 Å². The topological polar surface area (TPSA) is 122 Å². The summed E-state index contributed by atoms with van der Waals surface area (Å²) in [6.45, 7) is 16.6. The number of sulfone groups is 1. The number of thioether (sulfide) groups is 1. The van der Waals surface area contributed by atoms with E-state index < -0.39 is 64.6 Å². The molecule has 19 heteroatoms. The fourth-order valence-corrected chi connectivity index (χ4v) is 14.1. The summed E-state index contributed by atoms with van der Waals surface area (Å²) in [5.41, 5.74) is -3.17. The standard InChI is InChI=1S/C50H65F5N6O5S3/c1-35(2)60-24-20-58(21-25-60)19-17-38(31-67-40-8-6-5-7-9-40)56-43-15-14-41(28-44(43)68(63,64)50(53,54)55)69(65,66)57-45(62)36-10-12-39(13-11-36)61-26-22-59(23-27-61)30-37-16-18-47(3,4)29-42(37)48-32-49(33-48,34-48)46(51)52/h5-15,28,35,38,46,56H,16-27,29-34H2,1-4H3,(H,57,62)/t38-,48?,49?/m1/s1. The third kappa shape index (κ3) is 11.3. The molecule has 6 aliphatic rings. The van der Waals surface area contributed by atoms with E-state index in [0.29, 0.717) is 63.2 Å². The van der Waals surface area contributed by atoms with Crippen LogP contribution in [0.1, 0.15) is 83.0 Å². The second-order valence-corrected chi connectivity index (χ2v) is 25.7. The van der Waals surface area contributed by atoms with Crippen molar-refractivity contribution in [3.05, 3.63) is 89.5 Å². The van der Waals surface area contributed by atoms with Gasteiger partial charge in [0.2, 0.25) is 6.43 Å². The van der Waals surface area contributed by atoms with E-state index in [1.807, 2.05) is 35.1 Å². The second-order valence-electron chi connectivity index (χ2n) is 21.0. The first-order valence-corrected chi connectivity index (χ1v) is 27.9. The molecule has 2 aliphatic heterocycles.